The number of thiazole rings is 1. The summed E-state index contributed by atoms with van der Waals surface area (Å²) in [6.07, 6.45) is -6.71. The minimum absolute atomic E-state index is 0.0925. The number of hydrogen-bond donors (Lipinski definition) is 1. The van der Waals surface area contributed by atoms with Gasteiger partial charge < -0.3 is 5.32 Å². The molecule has 33 heavy (non-hydrogen) atoms. The van der Waals surface area contributed by atoms with Gasteiger partial charge >= 0.3 is 12.4 Å². The summed E-state index contributed by atoms with van der Waals surface area (Å²) in [6, 6.07) is -0.178. The third kappa shape index (κ3) is 4.35. The SMILES string of the molecule is CCC(C(=O)Nc1nc(C)c(-n2ccc(C(F)(F)F)n2)s1)n1nc(C(F)(F)F)c2c1CCC2. The summed E-state index contributed by atoms with van der Waals surface area (Å²) in [6.45, 7) is 3.20. The topological polar surface area (TPSA) is 77.6 Å². The molecule has 1 atom stereocenters. The average molecular weight is 492 g/mol. The second kappa shape index (κ2) is 8.15. The molecule has 1 N–H and O–H groups in total. The molecule has 1 unspecified atom stereocenters. The molecule has 1 amide bonds. The third-order valence-corrected chi connectivity index (χ3v) is 6.36. The summed E-state index contributed by atoms with van der Waals surface area (Å²) < 4.78 is 80.8. The first-order valence-corrected chi connectivity index (χ1v) is 10.8. The van der Waals surface area contributed by atoms with Gasteiger partial charge in [0, 0.05) is 17.5 Å². The molecular formula is C19H18F6N6OS. The van der Waals surface area contributed by atoms with E-state index in [0.717, 1.165) is 33.0 Å². The van der Waals surface area contributed by atoms with Crippen LogP contribution < -0.4 is 5.32 Å². The second-order valence-corrected chi connectivity index (χ2v) is 8.51. The number of hydrogen-bond acceptors (Lipinski definition) is 5. The fourth-order valence-corrected chi connectivity index (χ4v) is 4.76. The fraction of sp³-hybridized carbons (Fsp3) is 0.474. The van der Waals surface area contributed by atoms with Gasteiger partial charge in [0.05, 0.1) is 5.69 Å². The lowest BCUT2D eigenvalue weighted by Gasteiger charge is -2.17. The molecule has 3 aromatic heterocycles. The lowest BCUT2D eigenvalue weighted by atomic mass is 10.2. The maximum absolute atomic E-state index is 13.4. The number of aromatic nitrogens is 5. The van der Waals surface area contributed by atoms with E-state index < -0.39 is 35.7 Å². The van der Waals surface area contributed by atoms with Crippen molar-refractivity contribution in [2.45, 2.75) is 57.9 Å². The van der Waals surface area contributed by atoms with Crippen LogP contribution in [0.15, 0.2) is 12.3 Å². The number of nitrogens with one attached hydrogen (secondary N) is 1. The minimum Gasteiger partial charge on any atom is -0.300 e. The number of rotatable bonds is 5. The number of nitrogens with zero attached hydrogens (tertiary/aromatic N) is 5. The van der Waals surface area contributed by atoms with Crippen LogP contribution in [0.1, 0.15) is 54.1 Å². The predicted molar refractivity (Wildman–Crippen MR) is 106 cm³/mol. The highest BCUT2D eigenvalue weighted by atomic mass is 32.1. The number of halogens is 6. The highest BCUT2D eigenvalue weighted by Gasteiger charge is 2.41. The van der Waals surface area contributed by atoms with Gasteiger partial charge in [0.15, 0.2) is 16.5 Å². The molecule has 3 heterocycles. The van der Waals surface area contributed by atoms with Crippen LogP contribution in [0.25, 0.3) is 5.00 Å². The normalized spacial score (nSPS) is 15.0. The van der Waals surface area contributed by atoms with E-state index in [1.807, 2.05) is 0 Å². The lowest BCUT2D eigenvalue weighted by molar-refractivity contribution is -0.142. The van der Waals surface area contributed by atoms with Crippen molar-refractivity contribution in [2.24, 2.45) is 0 Å². The molecule has 1 aliphatic rings. The Bertz CT molecular complexity index is 1190. The Hall–Kier alpha value is -2.90. The zero-order chi connectivity index (χ0) is 24.1. The summed E-state index contributed by atoms with van der Waals surface area (Å²) >= 11 is 0.903. The van der Waals surface area contributed by atoms with E-state index in [1.54, 1.807) is 13.8 Å². The molecule has 0 saturated carbocycles. The van der Waals surface area contributed by atoms with Gasteiger partial charge in [0.25, 0.3) is 5.91 Å². The van der Waals surface area contributed by atoms with Crippen molar-refractivity contribution < 1.29 is 31.1 Å². The number of amides is 1. The molecule has 7 nitrogen and oxygen atoms in total. The van der Waals surface area contributed by atoms with E-state index in [4.69, 9.17) is 0 Å². The van der Waals surface area contributed by atoms with E-state index in [-0.39, 0.29) is 28.5 Å². The van der Waals surface area contributed by atoms with Gasteiger partial charge in [-0.1, -0.05) is 18.3 Å². The largest absolute Gasteiger partial charge is 0.435 e. The minimum atomic E-state index is -4.62. The molecule has 0 radical (unpaired) electrons. The first-order valence-electron chi connectivity index (χ1n) is 9.99. The quantitative estimate of drug-likeness (QED) is 0.512. The molecule has 0 aromatic carbocycles. The summed E-state index contributed by atoms with van der Waals surface area (Å²) in [4.78, 5) is 17.1. The van der Waals surface area contributed by atoms with Crippen LogP contribution in [0.4, 0.5) is 31.5 Å². The Balaban J connectivity index is 1.59. The van der Waals surface area contributed by atoms with Gasteiger partial charge in [0.1, 0.15) is 11.0 Å². The van der Waals surface area contributed by atoms with Gasteiger partial charge in [-0.25, -0.2) is 9.67 Å². The number of fused-ring (bicyclic) bond motifs is 1. The zero-order valence-corrected chi connectivity index (χ0v) is 18.2. The van der Waals surface area contributed by atoms with E-state index in [1.165, 1.54) is 0 Å². The van der Waals surface area contributed by atoms with Crippen LogP contribution in [-0.4, -0.2) is 30.5 Å². The van der Waals surface area contributed by atoms with E-state index in [0.29, 0.717) is 24.2 Å². The standard InChI is InChI=1S/C19H18F6N6OS/c1-3-11(31-12-6-4-5-10(12)14(29-31)19(23,24)25)15(32)27-17-26-9(2)16(33-17)30-8-7-13(28-30)18(20,21)22/h7-8,11H,3-6H2,1-2H3,(H,26,27,32). The van der Waals surface area contributed by atoms with Gasteiger partial charge in [-0.15, -0.1) is 0 Å². The second-order valence-electron chi connectivity index (χ2n) is 7.54. The van der Waals surface area contributed by atoms with Crippen LogP contribution in [0.2, 0.25) is 0 Å². The van der Waals surface area contributed by atoms with Crippen molar-refractivity contribution in [1.82, 2.24) is 24.5 Å². The predicted octanol–water partition coefficient (Wildman–Crippen LogP) is 4.95. The first kappa shape index (κ1) is 23.3. The molecule has 0 spiro atoms. The highest BCUT2D eigenvalue weighted by Crippen LogP contribution is 2.38. The zero-order valence-electron chi connectivity index (χ0n) is 17.4. The summed E-state index contributed by atoms with van der Waals surface area (Å²) in [5.74, 6) is -0.611. The van der Waals surface area contributed by atoms with Gasteiger partial charge in [-0.05, 0) is 38.7 Å². The number of anilines is 1. The number of alkyl halides is 6. The third-order valence-electron chi connectivity index (χ3n) is 5.30. The number of aryl methyl sites for hydroxylation is 1. The summed E-state index contributed by atoms with van der Waals surface area (Å²) in [5, 5.41) is 10.1. The van der Waals surface area contributed by atoms with Crippen molar-refractivity contribution >= 4 is 22.4 Å². The number of carbonyl (C=O) groups excluding carboxylic acids is 1. The monoisotopic (exact) mass is 492 g/mol. The Kier molecular flexibility index (Phi) is 5.75. The van der Waals surface area contributed by atoms with Crippen molar-refractivity contribution in [3.63, 3.8) is 0 Å². The van der Waals surface area contributed by atoms with Crippen molar-refractivity contribution in [3.8, 4) is 5.00 Å². The lowest BCUT2D eigenvalue weighted by Crippen LogP contribution is -2.27. The van der Waals surface area contributed by atoms with Gasteiger partial charge in [0.2, 0.25) is 0 Å². The van der Waals surface area contributed by atoms with Crippen LogP contribution in [0.5, 0.6) is 0 Å². The molecular weight excluding hydrogens is 474 g/mol. The average Bonchev–Trinajstić information content (AvgIpc) is 3.45. The smallest absolute Gasteiger partial charge is 0.300 e. The van der Waals surface area contributed by atoms with Crippen LogP contribution in [-0.2, 0) is 30.0 Å². The van der Waals surface area contributed by atoms with Crippen molar-refractivity contribution in [3.05, 3.63) is 40.6 Å². The van der Waals surface area contributed by atoms with Crippen LogP contribution >= 0.6 is 11.3 Å². The fourth-order valence-electron chi connectivity index (χ4n) is 3.85. The Morgan fingerprint density at radius 2 is 1.91 bits per heavy atom. The molecule has 0 aliphatic heterocycles. The molecule has 178 valence electrons. The van der Waals surface area contributed by atoms with Gasteiger partial charge in [-0.2, -0.15) is 36.5 Å². The van der Waals surface area contributed by atoms with E-state index in [2.05, 4.69) is 20.5 Å². The molecule has 0 fully saturated rings. The van der Waals surface area contributed by atoms with Crippen LogP contribution in [0, 0.1) is 6.92 Å². The maximum Gasteiger partial charge on any atom is 0.435 e. The first-order chi connectivity index (χ1) is 15.4. The maximum atomic E-state index is 13.4. The molecule has 3 aromatic rings. The molecule has 0 saturated heterocycles. The Morgan fingerprint density at radius 1 is 1.18 bits per heavy atom. The van der Waals surface area contributed by atoms with Crippen molar-refractivity contribution in [1.29, 1.82) is 0 Å². The molecule has 14 heteroatoms. The Morgan fingerprint density at radius 3 is 2.52 bits per heavy atom. The van der Waals surface area contributed by atoms with E-state index in [9.17, 15) is 31.1 Å². The van der Waals surface area contributed by atoms with Crippen molar-refractivity contribution in [2.75, 3.05) is 5.32 Å². The van der Waals surface area contributed by atoms with E-state index >= 15 is 0 Å². The summed E-state index contributed by atoms with van der Waals surface area (Å²) in [7, 11) is 0. The Labute approximate surface area is 187 Å². The van der Waals surface area contributed by atoms with Crippen LogP contribution in [0.3, 0.4) is 0 Å². The summed E-state index contributed by atoms with van der Waals surface area (Å²) in [5.41, 5.74) is -1.18. The molecule has 4 rings (SSSR count). The highest BCUT2D eigenvalue weighted by molar-refractivity contribution is 7.18. The molecule has 0 bridgehead atoms. The molecule has 1 aliphatic carbocycles. The van der Waals surface area contributed by atoms with Gasteiger partial charge in [-0.3, -0.25) is 9.48 Å². The number of carbonyl (C=O) groups is 1.